The van der Waals surface area contributed by atoms with Crippen LogP contribution < -0.4 is 0 Å². The van der Waals surface area contributed by atoms with Gasteiger partial charge in [-0.15, -0.1) is 11.3 Å². The molecule has 76 valence electrons. The van der Waals surface area contributed by atoms with Crippen LogP contribution in [0.3, 0.4) is 0 Å². The topological polar surface area (TPSA) is 17.1 Å². The molecule has 0 spiro atoms. The summed E-state index contributed by atoms with van der Waals surface area (Å²) in [5.74, 6) is 0.688. The average molecular weight is 216 g/mol. The van der Waals surface area contributed by atoms with Gasteiger partial charge in [-0.25, -0.2) is 0 Å². The van der Waals surface area contributed by atoms with E-state index in [-0.39, 0.29) is 0 Å². The Bertz CT molecular complexity index is 534. The molecule has 0 bridgehead atoms. The fraction of sp³-hybridized carbons (Fsp3) is 0.308. The molecular weight excluding hydrogens is 204 g/mol. The first kappa shape index (κ1) is 9.10. The summed E-state index contributed by atoms with van der Waals surface area (Å²) in [7, 11) is 0. The summed E-state index contributed by atoms with van der Waals surface area (Å²) in [5.41, 5.74) is 1.26. The van der Waals surface area contributed by atoms with E-state index < -0.39 is 0 Å². The van der Waals surface area contributed by atoms with Crippen LogP contribution in [0, 0.1) is 12.8 Å². The Balaban J connectivity index is 2.09. The third-order valence-electron chi connectivity index (χ3n) is 2.86. The molecular formula is C13H12OS. The molecule has 0 aliphatic heterocycles. The Morgan fingerprint density at radius 3 is 2.87 bits per heavy atom. The van der Waals surface area contributed by atoms with Gasteiger partial charge in [-0.1, -0.05) is 17.7 Å². The molecule has 0 unspecified atom stereocenters. The summed E-state index contributed by atoms with van der Waals surface area (Å²) < 4.78 is 1.23. The molecule has 1 aromatic heterocycles. The molecule has 15 heavy (non-hydrogen) atoms. The number of hydrogen-bond acceptors (Lipinski definition) is 2. The molecule has 1 saturated carbocycles. The molecule has 1 nitrogen and oxygen atoms in total. The highest BCUT2D eigenvalue weighted by Crippen LogP contribution is 2.36. The number of hydrogen-bond donors (Lipinski definition) is 0. The number of fused-ring (bicyclic) bond motifs is 1. The number of carbonyl (C=O) groups excluding carboxylic acids is 1. The van der Waals surface area contributed by atoms with Gasteiger partial charge in [0.2, 0.25) is 0 Å². The lowest BCUT2D eigenvalue weighted by Crippen LogP contribution is -1.96. The van der Waals surface area contributed by atoms with Crippen molar-refractivity contribution in [2.75, 3.05) is 0 Å². The van der Waals surface area contributed by atoms with E-state index in [0.29, 0.717) is 11.7 Å². The Kier molecular flexibility index (Phi) is 1.93. The van der Waals surface area contributed by atoms with Crippen LogP contribution in [-0.4, -0.2) is 5.78 Å². The Morgan fingerprint density at radius 2 is 2.13 bits per heavy atom. The second-order valence-corrected chi connectivity index (χ2v) is 5.37. The van der Waals surface area contributed by atoms with E-state index >= 15 is 0 Å². The van der Waals surface area contributed by atoms with Crippen LogP contribution in [0.25, 0.3) is 10.1 Å². The number of rotatable bonds is 2. The second-order valence-electron chi connectivity index (χ2n) is 4.29. The van der Waals surface area contributed by atoms with Gasteiger partial charge in [0, 0.05) is 10.6 Å². The van der Waals surface area contributed by atoms with Gasteiger partial charge < -0.3 is 0 Å². The van der Waals surface area contributed by atoms with Gasteiger partial charge in [0.15, 0.2) is 5.78 Å². The van der Waals surface area contributed by atoms with E-state index in [4.69, 9.17) is 0 Å². The van der Waals surface area contributed by atoms with E-state index in [1.54, 1.807) is 11.3 Å². The lowest BCUT2D eigenvalue weighted by Gasteiger charge is -1.89. The molecule has 1 aromatic carbocycles. The Morgan fingerprint density at radius 1 is 1.33 bits per heavy atom. The van der Waals surface area contributed by atoms with Crippen LogP contribution in [0.2, 0.25) is 0 Å². The molecule has 1 aliphatic rings. The quantitative estimate of drug-likeness (QED) is 0.698. The second kappa shape index (κ2) is 3.17. The maximum Gasteiger partial charge on any atom is 0.175 e. The predicted octanol–water partition coefficient (Wildman–Crippen LogP) is 3.80. The maximum atomic E-state index is 11.9. The normalized spacial score (nSPS) is 15.8. The zero-order valence-electron chi connectivity index (χ0n) is 8.62. The van der Waals surface area contributed by atoms with Crippen molar-refractivity contribution in [1.82, 2.24) is 0 Å². The Hall–Kier alpha value is -1.15. The van der Waals surface area contributed by atoms with Crippen LogP contribution in [0.15, 0.2) is 24.3 Å². The van der Waals surface area contributed by atoms with Gasteiger partial charge in [-0.3, -0.25) is 4.79 Å². The summed E-state index contributed by atoms with van der Waals surface area (Å²) in [6.07, 6.45) is 2.18. The third-order valence-corrected chi connectivity index (χ3v) is 3.99. The molecule has 0 saturated heterocycles. The monoisotopic (exact) mass is 216 g/mol. The summed E-state index contributed by atoms with van der Waals surface area (Å²) in [6, 6.07) is 8.41. The van der Waals surface area contributed by atoms with Gasteiger partial charge in [-0.2, -0.15) is 0 Å². The number of thiophene rings is 1. The lowest BCUT2D eigenvalue weighted by atomic mass is 10.1. The first-order valence-electron chi connectivity index (χ1n) is 5.28. The van der Waals surface area contributed by atoms with Crippen molar-refractivity contribution >= 4 is 27.2 Å². The van der Waals surface area contributed by atoms with E-state index in [2.05, 4.69) is 25.1 Å². The predicted molar refractivity (Wildman–Crippen MR) is 63.6 cm³/mol. The van der Waals surface area contributed by atoms with Crippen LogP contribution in [0.1, 0.15) is 28.1 Å². The number of Topliss-reactive ketones (excluding diaryl/α,β-unsaturated/α-hetero) is 1. The molecule has 0 atom stereocenters. The number of aryl methyl sites for hydroxylation is 1. The minimum atomic E-state index is 0.333. The average Bonchev–Trinajstić information content (AvgIpc) is 2.97. The third kappa shape index (κ3) is 1.59. The molecule has 1 heterocycles. The smallest absolute Gasteiger partial charge is 0.175 e. The van der Waals surface area contributed by atoms with Crippen LogP contribution in [0.4, 0.5) is 0 Å². The zero-order valence-corrected chi connectivity index (χ0v) is 9.43. The van der Waals surface area contributed by atoms with Gasteiger partial charge in [0.25, 0.3) is 0 Å². The van der Waals surface area contributed by atoms with Crippen molar-refractivity contribution in [2.45, 2.75) is 19.8 Å². The SMILES string of the molecule is Cc1ccc2sc(C(=O)C3CC3)cc2c1. The molecule has 2 heteroatoms. The van der Waals surface area contributed by atoms with Gasteiger partial charge >= 0.3 is 0 Å². The number of carbonyl (C=O) groups is 1. The van der Waals surface area contributed by atoms with Crippen molar-refractivity contribution in [3.8, 4) is 0 Å². The van der Waals surface area contributed by atoms with E-state index in [1.807, 2.05) is 6.07 Å². The molecule has 0 N–H and O–H groups in total. The van der Waals surface area contributed by atoms with Gasteiger partial charge in [0.05, 0.1) is 4.88 Å². The molecule has 0 radical (unpaired) electrons. The van der Waals surface area contributed by atoms with E-state index in [1.165, 1.54) is 15.6 Å². The van der Waals surface area contributed by atoms with Crippen molar-refractivity contribution in [3.63, 3.8) is 0 Å². The largest absolute Gasteiger partial charge is 0.293 e. The molecule has 2 aromatic rings. The highest BCUT2D eigenvalue weighted by atomic mass is 32.1. The van der Waals surface area contributed by atoms with Crippen molar-refractivity contribution < 1.29 is 4.79 Å². The summed E-state index contributed by atoms with van der Waals surface area (Å²) >= 11 is 1.63. The summed E-state index contributed by atoms with van der Waals surface area (Å²) in [4.78, 5) is 12.8. The van der Waals surface area contributed by atoms with Crippen molar-refractivity contribution in [2.24, 2.45) is 5.92 Å². The van der Waals surface area contributed by atoms with Gasteiger partial charge in [-0.05, 0) is 37.3 Å². The molecule has 1 fully saturated rings. The minimum absolute atomic E-state index is 0.333. The lowest BCUT2D eigenvalue weighted by molar-refractivity contribution is 0.0971. The van der Waals surface area contributed by atoms with E-state index in [0.717, 1.165) is 17.7 Å². The van der Waals surface area contributed by atoms with Gasteiger partial charge in [0.1, 0.15) is 0 Å². The molecule has 3 rings (SSSR count). The minimum Gasteiger partial charge on any atom is -0.293 e. The van der Waals surface area contributed by atoms with Crippen LogP contribution in [-0.2, 0) is 0 Å². The number of benzene rings is 1. The summed E-state index contributed by atoms with van der Waals surface area (Å²) in [5, 5.41) is 1.21. The number of ketones is 1. The highest BCUT2D eigenvalue weighted by Gasteiger charge is 2.31. The Labute approximate surface area is 92.7 Å². The summed E-state index contributed by atoms with van der Waals surface area (Å²) in [6.45, 7) is 2.08. The van der Waals surface area contributed by atoms with Crippen LogP contribution in [0.5, 0.6) is 0 Å². The first-order chi connectivity index (χ1) is 7.24. The van der Waals surface area contributed by atoms with Crippen molar-refractivity contribution in [1.29, 1.82) is 0 Å². The fourth-order valence-corrected chi connectivity index (χ4v) is 2.89. The zero-order chi connectivity index (χ0) is 10.4. The fourth-order valence-electron chi connectivity index (χ4n) is 1.83. The first-order valence-corrected chi connectivity index (χ1v) is 6.10. The molecule has 0 amide bonds. The van der Waals surface area contributed by atoms with Crippen molar-refractivity contribution in [3.05, 3.63) is 34.7 Å². The molecule has 1 aliphatic carbocycles. The highest BCUT2D eigenvalue weighted by molar-refractivity contribution is 7.20. The maximum absolute atomic E-state index is 11.9. The standard InChI is InChI=1S/C13H12OS/c1-8-2-5-11-10(6-8)7-12(15-11)13(14)9-3-4-9/h2,5-7,9H,3-4H2,1H3. The van der Waals surface area contributed by atoms with E-state index in [9.17, 15) is 4.79 Å². The van der Waals surface area contributed by atoms with Crippen LogP contribution >= 0.6 is 11.3 Å².